The van der Waals surface area contributed by atoms with Crippen LogP contribution in [0.15, 0.2) is 24.3 Å². The Balaban J connectivity index is 2.18. The second kappa shape index (κ2) is 5.35. The van der Waals surface area contributed by atoms with Gasteiger partial charge in [-0.05, 0) is 30.4 Å². The lowest BCUT2D eigenvalue weighted by Gasteiger charge is -2.30. The maximum Gasteiger partial charge on any atom is 0.0503 e. The lowest BCUT2D eigenvalue weighted by Crippen LogP contribution is -2.20. The quantitative estimate of drug-likeness (QED) is 0.768. The van der Waals surface area contributed by atoms with Crippen LogP contribution >= 0.6 is 0 Å². The zero-order valence-electron chi connectivity index (χ0n) is 9.73. The highest BCUT2D eigenvalue weighted by Gasteiger charge is 2.25. The van der Waals surface area contributed by atoms with E-state index in [1.807, 2.05) is 18.2 Å². The highest BCUT2D eigenvalue weighted by atomic mass is 16.3. The van der Waals surface area contributed by atoms with E-state index in [2.05, 4.69) is 6.07 Å². The number of aliphatic hydroxyl groups excluding tert-OH is 1. The number of anilines is 1. The SMILES string of the molecule is Nc1ccccc1C(CO)C1CCCCC1. The topological polar surface area (TPSA) is 46.2 Å². The Morgan fingerprint density at radius 3 is 2.50 bits per heavy atom. The average molecular weight is 219 g/mol. The summed E-state index contributed by atoms with van der Waals surface area (Å²) in [6, 6.07) is 7.96. The van der Waals surface area contributed by atoms with Crippen molar-refractivity contribution >= 4 is 5.69 Å². The molecule has 1 aliphatic rings. The lowest BCUT2D eigenvalue weighted by molar-refractivity contribution is 0.197. The van der Waals surface area contributed by atoms with Crippen LogP contribution in [0.3, 0.4) is 0 Å². The molecule has 1 aromatic rings. The molecule has 0 bridgehead atoms. The first kappa shape index (κ1) is 11.5. The Bertz CT molecular complexity index is 331. The number of hydrogen-bond donors (Lipinski definition) is 2. The molecule has 0 heterocycles. The van der Waals surface area contributed by atoms with E-state index >= 15 is 0 Å². The molecule has 16 heavy (non-hydrogen) atoms. The fourth-order valence-electron chi connectivity index (χ4n) is 2.89. The van der Waals surface area contributed by atoms with E-state index in [4.69, 9.17) is 5.73 Å². The van der Waals surface area contributed by atoms with Gasteiger partial charge in [0, 0.05) is 11.6 Å². The van der Waals surface area contributed by atoms with Crippen molar-refractivity contribution in [2.24, 2.45) is 5.92 Å². The first-order valence-corrected chi connectivity index (χ1v) is 6.28. The van der Waals surface area contributed by atoms with E-state index in [0.717, 1.165) is 11.3 Å². The van der Waals surface area contributed by atoms with Crippen molar-refractivity contribution in [1.29, 1.82) is 0 Å². The minimum Gasteiger partial charge on any atom is -0.398 e. The van der Waals surface area contributed by atoms with Crippen LogP contribution in [0, 0.1) is 5.92 Å². The van der Waals surface area contributed by atoms with Crippen LogP contribution in [0.2, 0.25) is 0 Å². The summed E-state index contributed by atoms with van der Waals surface area (Å²) in [4.78, 5) is 0. The van der Waals surface area contributed by atoms with E-state index in [0.29, 0.717) is 5.92 Å². The van der Waals surface area contributed by atoms with E-state index in [1.165, 1.54) is 32.1 Å². The summed E-state index contributed by atoms with van der Waals surface area (Å²) < 4.78 is 0. The van der Waals surface area contributed by atoms with Gasteiger partial charge in [-0.2, -0.15) is 0 Å². The normalized spacial score (nSPS) is 19.6. The number of para-hydroxylation sites is 1. The molecular weight excluding hydrogens is 198 g/mol. The van der Waals surface area contributed by atoms with Gasteiger partial charge in [0.25, 0.3) is 0 Å². The molecule has 1 fully saturated rings. The van der Waals surface area contributed by atoms with Gasteiger partial charge < -0.3 is 10.8 Å². The Kier molecular flexibility index (Phi) is 3.83. The molecular formula is C14H21NO. The highest BCUT2D eigenvalue weighted by Crippen LogP contribution is 2.37. The van der Waals surface area contributed by atoms with Crippen LogP contribution in [0.5, 0.6) is 0 Å². The molecule has 1 aliphatic carbocycles. The Hall–Kier alpha value is -1.02. The Morgan fingerprint density at radius 1 is 1.19 bits per heavy atom. The molecule has 0 aromatic heterocycles. The minimum atomic E-state index is 0.221. The first-order valence-electron chi connectivity index (χ1n) is 6.28. The summed E-state index contributed by atoms with van der Waals surface area (Å²) >= 11 is 0. The molecule has 2 nitrogen and oxygen atoms in total. The third-order valence-electron chi connectivity index (χ3n) is 3.81. The van der Waals surface area contributed by atoms with Gasteiger partial charge in [-0.1, -0.05) is 37.5 Å². The third kappa shape index (κ3) is 2.38. The van der Waals surface area contributed by atoms with Crippen molar-refractivity contribution in [3.05, 3.63) is 29.8 Å². The predicted molar refractivity (Wildman–Crippen MR) is 67.3 cm³/mol. The fourth-order valence-corrected chi connectivity index (χ4v) is 2.89. The van der Waals surface area contributed by atoms with Crippen LogP contribution in [-0.4, -0.2) is 11.7 Å². The minimum absolute atomic E-state index is 0.221. The summed E-state index contributed by atoms with van der Waals surface area (Å²) in [7, 11) is 0. The van der Waals surface area contributed by atoms with Gasteiger partial charge in [0.2, 0.25) is 0 Å². The summed E-state index contributed by atoms with van der Waals surface area (Å²) in [5.41, 5.74) is 7.95. The zero-order valence-corrected chi connectivity index (χ0v) is 9.73. The molecule has 0 amide bonds. The molecule has 1 unspecified atom stereocenters. The van der Waals surface area contributed by atoms with Crippen LogP contribution in [0.1, 0.15) is 43.6 Å². The second-order valence-electron chi connectivity index (χ2n) is 4.82. The van der Waals surface area contributed by atoms with Crippen LogP contribution in [0.25, 0.3) is 0 Å². The molecule has 3 N–H and O–H groups in total. The van der Waals surface area contributed by atoms with E-state index in [-0.39, 0.29) is 12.5 Å². The zero-order chi connectivity index (χ0) is 11.4. The van der Waals surface area contributed by atoms with Gasteiger partial charge >= 0.3 is 0 Å². The van der Waals surface area contributed by atoms with Crippen LogP contribution < -0.4 is 5.73 Å². The van der Waals surface area contributed by atoms with Crippen LogP contribution in [-0.2, 0) is 0 Å². The molecule has 2 rings (SSSR count). The van der Waals surface area contributed by atoms with Crippen molar-refractivity contribution in [2.45, 2.75) is 38.0 Å². The third-order valence-corrected chi connectivity index (χ3v) is 3.81. The van der Waals surface area contributed by atoms with E-state index in [9.17, 15) is 5.11 Å². The average Bonchev–Trinajstić information content (AvgIpc) is 2.34. The maximum absolute atomic E-state index is 9.60. The number of nitrogens with two attached hydrogens (primary N) is 1. The van der Waals surface area contributed by atoms with Crippen molar-refractivity contribution in [2.75, 3.05) is 12.3 Å². The molecule has 2 heteroatoms. The molecule has 0 saturated heterocycles. The van der Waals surface area contributed by atoms with E-state index in [1.54, 1.807) is 0 Å². The smallest absolute Gasteiger partial charge is 0.0503 e. The molecule has 88 valence electrons. The van der Waals surface area contributed by atoms with Gasteiger partial charge in [-0.15, -0.1) is 0 Å². The predicted octanol–water partition coefficient (Wildman–Crippen LogP) is 2.93. The number of benzene rings is 1. The number of nitrogen functional groups attached to an aromatic ring is 1. The molecule has 0 radical (unpaired) electrons. The second-order valence-corrected chi connectivity index (χ2v) is 4.82. The van der Waals surface area contributed by atoms with Gasteiger partial charge in [0.1, 0.15) is 0 Å². The van der Waals surface area contributed by atoms with Gasteiger partial charge in [-0.3, -0.25) is 0 Å². The van der Waals surface area contributed by atoms with E-state index < -0.39 is 0 Å². The number of rotatable bonds is 3. The Labute approximate surface area is 97.5 Å². The monoisotopic (exact) mass is 219 g/mol. The van der Waals surface area contributed by atoms with Crippen molar-refractivity contribution in [1.82, 2.24) is 0 Å². The largest absolute Gasteiger partial charge is 0.398 e. The van der Waals surface area contributed by atoms with Gasteiger partial charge in [0.15, 0.2) is 0 Å². The Morgan fingerprint density at radius 2 is 1.88 bits per heavy atom. The molecule has 1 saturated carbocycles. The van der Waals surface area contributed by atoms with Crippen molar-refractivity contribution in [3.63, 3.8) is 0 Å². The molecule has 1 atom stereocenters. The summed E-state index contributed by atoms with van der Waals surface area (Å²) in [6.45, 7) is 0.221. The summed E-state index contributed by atoms with van der Waals surface area (Å²) in [6.07, 6.45) is 6.42. The van der Waals surface area contributed by atoms with Gasteiger partial charge in [0.05, 0.1) is 6.61 Å². The molecule has 0 aliphatic heterocycles. The van der Waals surface area contributed by atoms with Crippen molar-refractivity contribution in [3.8, 4) is 0 Å². The standard InChI is InChI=1S/C14H21NO/c15-14-9-5-4-8-12(14)13(10-16)11-6-2-1-3-7-11/h4-5,8-9,11,13,16H,1-3,6-7,10,15H2. The maximum atomic E-state index is 9.60. The van der Waals surface area contributed by atoms with Gasteiger partial charge in [-0.25, -0.2) is 0 Å². The highest BCUT2D eigenvalue weighted by molar-refractivity contribution is 5.48. The fraction of sp³-hybridized carbons (Fsp3) is 0.571. The van der Waals surface area contributed by atoms with Crippen LogP contribution in [0.4, 0.5) is 5.69 Å². The summed E-state index contributed by atoms with van der Waals surface area (Å²) in [5, 5.41) is 9.60. The number of hydrogen-bond acceptors (Lipinski definition) is 2. The molecule has 1 aromatic carbocycles. The first-order chi connectivity index (χ1) is 7.83. The molecule has 0 spiro atoms. The van der Waals surface area contributed by atoms with Crippen molar-refractivity contribution < 1.29 is 5.11 Å². The number of aliphatic hydroxyl groups is 1. The lowest BCUT2D eigenvalue weighted by atomic mass is 9.77. The summed E-state index contributed by atoms with van der Waals surface area (Å²) in [5.74, 6) is 0.852.